The molecule has 4 heteroatoms. The summed E-state index contributed by atoms with van der Waals surface area (Å²) in [5.74, 6) is -0.322. The molecule has 0 unspecified atom stereocenters. The van der Waals surface area contributed by atoms with Crippen LogP contribution in [0.1, 0.15) is 15.4 Å². The van der Waals surface area contributed by atoms with Gasteiger partial charge in [0.15, 0.2) is 5.78 Å². The summed E-state index contributed by atoms with van der Waals surface area (Å²) in [5, 5.41) is 11.5. The minimum Gasteiger partial charge on any atom is -0.506 e. The molecular formula is C12H9NO2S. The molecule has 0 aliphatic rings. The van der Waals surface area contributed by atoms with Crippen molar-refractivity contribution in [3.8, 4) is 0 Å². The van der Waals surface area contributed by atoms with Gasteiger partial charge in [-0.15, -0.1) is 11.3 Å². The van der Waals surface area contributed by atoms with Gasteiger partial charge in [-0.05, 0) is 23.6 Å². The molecule has 0 radical (unpaired) electrons. The van der Waals surface area contributed by atoms with Crippen molar-refractivity contribution in [3.63, 3.8) is 0 Å². The molecule has 0 saturated heterocycles. The first-order valence-electron chi connectivity index (χ1n) is 4.67. The minimum absolute atomic E-state index is 0.112. The van der Waals surface area contributed by atoms with Gasteiger partial charge in [0.25, 0.3) is 0 Å². The van der Waals surface area contributed by atoms with E-state index in [-0.39, 0.29) is 11.5 Å². The van der Waals surface area contributed by atoms with Gasteiger partial charge >= 0.3 is 0 Å². The Labute approximate surface area is 96.7 Å². The average molecular weight is 231 g/mol. The van der Waals surface area contributed by atoms with Crippen LogP contribution in [0.2, 0.25) is 0 Å². The smallest absolute Gasteiger partial charge is 0.199 e. The largest absolute Gasteiger partial charge is 0.506 e. The van der Waals surface area contributed by atoms with E-state index in [0.717, 1.165) is 0 Å². The lowest BCUT2D eigenvalue weighted by molar-refractivity contribution is 0.104. The Morgan fingerprint density at radius 1 is 1.31 bits per heavy atom. The van der Waals surface area contributed by atoms with Gasteiger partial charge in [0.05, 0.1) is 4.88 Å². The molecule has 2 aromatic heterocycles. The Balaban J connectivity index is 2.23. The van der Waals surface area contributed by atoms with Crippen LogP contribution < -0.4 is 0 Å². The van der Waals surface area contributed by atoms with Crippen molar-refractivity contribution in [2.75, 3.05) is 0 Å². The molecule has 0 spiro atoms. The van der Waals surface area contributed by atoms with Gasteiger partial charge in [0, 0.05) is 12.3 Å². The van der Waals surface area contributed by atoms with Crippen LogP contribution in [0.5, 0.6) is 0 Å². The van der Waals surface area contributed by atoms with E-state index in [0.29, 0.717) is 10.6 Å². The molecule has 80 valence electrons. The van der Waals surface area contributed by atoms with E-state index in [1.54, 1.807) is 36.5 Å². The molecule has 0 bridgehead atoms. The maximum Gasteiger partial charge on any atom is 0.199 e. The molecule has 0 saturated carbocycles. The highest BCUT2D eigenvalue weighted by molar-refractivity contribution is 7.12. The van der Waals surface area contributed by atoms with E-state index in [4.69, 9.17) is 0 Å². The molecule has 2 rings (SSSR count). The SMILES string of the molecule is O=C(/C=C(\O)c1ccccn1)c1cccs1. The van der Waals surface area contributed by atoms with E-state index >= 15 is 0 Å². The Kier molecular flexibility index (Phi) is 3.12. The lowest BCUT2D eigenvalue weighted by Crippen LogP contribution is -1.94. The third-order valence-corrected chi connectivity index (χ3v) is 2.84. The van der Waals surface area contributed by atoms with Gasteiger partial charge in [-0.1, -0.05) is 12.1 Å². The van der Waals surface area contributed by atoms with Crippen molar-refractivity contribution in [2.45, 2.75) is 0 Å². The predicted molar refractivity (Wildman–Crippen MR) is 63.5 cm³/mol. The van der Waals surface area contributed by atoms with Crippen molar-refractivity contribution in [1.82, 2.24) is 4.98 Å². The summed E-state index contributed by atoms with van der Waals surface area (Å²) in [4.78, 5) is 16.2. The van der Waals surface area contributed by atoms with Crippen LogP contribution in [-0.2, 0) is 0 Å². The number of hydrogen-bond donors (Lipinski definition) is 1. The molecule has 1 N–H and O–H groups in total. The first-order chi connectivity index (χ1) is 7.77. The number of rotatable bonds is 3. The fourth-order valence-corrected chi connectivity index (χ4v) is 1.84. The lowest BCUT2D eigenvalue weighted by atomic mass is 10.2. The summed E-state index contributed by atoms with van der Waals surface area (Å²) in [6.45, 7) is 0. The van der Waals surface area contributed by atoms with Crippen molar-refractivity contribution in [2.24, 2.45) is 0 Å². The summed E-state index contributed by atoms with van der Waals surface area (Å²) >= 11 is 1.34. The first kappa shape index (κ1) is 10.6. The number of pyridine rings is 1. The number of thiophene rings is 1. The standard InChI is InChI=1S/C12H9NO2S/c14-10(9-4-1-2-6-13-9)8-11(15)12-5-3-7-16-12/h1-8,14H/b10-8-. The van der Waals surface area contributed by atoms with Gasteiger partial charge in [-0.3, -0.25) is 9.78 Å². The number of carbonyl (C=O) groups is 1. The third-order valence-electron chi connectivity index (χ3n) is 1.96. The van der Waals surface area contributed by atoms with Crippen LogP contribution in [-0.4, -0.2) is 15.9 Å². The first-order valence-corrected chi connectivity index (χ1v) is 5.55. The van der Waals surface area contributed by atoms with E-state index in [9.17, 15) is 9.90 Å². The monoisotopic (exact) mass is 231 g/mol. The molecule has 0 aromatic carbocycles. The van der Waals surface area contributed by atoms with Crippen molar-refractivity contribution >= 4 is 22.9 Å². The lowest BCUT2D eigenvalue weighted by Gasteiger charge is -1.97. The number of aliphatic hydroxyl groups excluding tert-OH is 1. The maximum atomic E-state index is 11.6. The molecule has 2 heterocycles. The molecule has 0 fully saturated rings. The highest BCUT2D eigenvalue weighted by Crippen LogP contribution is 2.13. The number of carbonyl (C=O) groups excluding carboxylic acids is 1. The third kappa shape index (κ3) is 2.35. The van der Waals surface area contributed by atoms with E-state index in [1.165, 1.54) is 17.4 Å². The summed E-state index contributed by atoms with van der Waals surface area (Å²) in [5.41, 5.74) is 0.396. The van der Waals surface area contributed by atoms with Crippen LogP contribution in [0.25, 0.3) is 5.76 Å². The molecule has 0 atom stereocenters. The van der Waals surface area contributed by atoms with Crippen LogP contribution in [0, 0.1) is 0 Å². The van der Waals surface area contributed by atoms with Gasteiger partial charge < -0.3 is 5.11 Å². The number of allylic oxidation sites excluding steroid dienone is 1. The fraction of sp³-hybridized carbons (Fsp3) is 0. The summed E-state index contributed by atoms with van der Waals surface area (Å²) < 4.78 is 0. The minimum atomic E-state index is -0.210. The second-order valence-corrected chi connectivity index (χ2v) is 4.03. The van der Waals surface area contributed by atoms with Gasteiger partial charge in [0.1, 0.15) is 11.5 Å². The molecular weight excluding hydrogens is 222 g/mol. The number of hydrogen-bond acceptors (Lipinski definition) is 4. The molecule has 16 heavy (non-hydrogen) atoms. The molecule has 0 aliphatic carbocycles. The van der Waals surface area contributed by atoms with E-state index in [2.05, 4.69) is 4.98 Å². The Morgan fingerprint density at radius 2 is 2.19 bits per heavy atom. The molecule has 0 amide bonds. The second-order valence-electron chi connectivity index (χ2n) is 3.09. The second kappa shape index (κ2) is 4.72. The fourth-order valence-electron chi connectivity index (χ4n) is 1.20. The highest BCUT2D eigenvalue weighted by Gasteiger charge is 2.06. The van der Waals surface area contributed by atoms with Crippen LogP contribution in [0.3, 0.4) is 0 Å². The zero-order valence-electron chi connectivity index (χ0n) is 8.33. The topological polar surface area (TPSA) is 50.2 Å². The Hall–Kier alpha value is -1.94. The Bertz CT molecular complexity index is 503. The summed E-state index contributed by atoms with van der Waals surface area (Å²) in [7, 11) is 0. The molecule has 2 aromatic rings. The van der Waals surface area contributed by atoms with Crippen LogP contribution >= 0.6 is 11.3 Å². The number of aliphatic hydroxyl groups is 1. The van der Waals surface area contributed by atoms with Gasteiger partial charge in [-0.25, -0.2) is 0 Å². The molecule has 3 nitrogen and oxygen atoms in total. The zero-order valence-corrected chi connectivity index (χ0v) is 9.15. The summed E-state index contributed by atoms with van der Waals surface area (Å²) in [6.07, 6.45) is 2.75. The van der Waals surface area contributed by atoms with E-state index in [1.807, 2.05) is 5.38 Å². The van der Waals surface area contributed by atoms with E-state index < -0.39 is 0 Å². The number of ketones is 1. The van der Waals surface area contributed by atoms with Crippen molar-refractivity contribution < 1.29 is 9.90 Å². The quantitative estimate of drug-likeness (QED) is 0.502. The zero-order chi connectivity index (χ0) is 11.4. The predicted octanol–water partition coefficient (Wildman–Crippen LogP) is 2.92. The van der Waals surface area contributed by atoms with Crippen molar-refractivity contribution in [3.05, 3.63) is 58.6 Å². The molecule has 0 aliphatic heterocycles. The van der Waals surface area contributed by atoms with Gasteiger partial charge in [-0.2, -0.15) is 0 Å². The summed E-state index contributed by atoms with van der Waals surface area (Å²) in [6, 6.07) is 8.66. The number of nitrogens with zero attached hydrogens (tertiary/aromatic N) is 1. The highest BCUT2D eigenvalue weighted by atomic mass is 32.1. The van der Waals surface area contributed by atoms with Crippen LogP contribution in [0.4, 0.5) is 0 Å². The van der Waals surface area contributed by atoms with Crippen LogP contribution in [0.15, 0.2) is 48.0 Å². The average Bonchev–Trinajstić information content (AvgIpc) is 2.83. The van der Waals surface area contributed by atoms with Crippen molar-refractivity contribution in [1.29, 1.82) is 0 Å². The number of aromatic nitrogens is 1. The van der Waals surface area contributed by atoms with Gasteiger partial charge in [0.2, 0.25) is 0 Å². The maximum absolute atomic E-state index is 11.6. The Morgan fingerprint density at radius 3 is 2.81 bits per heavy atom. The normalized spacial score (nSPS) is 11.4.